The topological polar surface area (TPSA) is 52.6 Å². The third-order valence-corrected chi connectivity index (χ3v) is 3.65. The van der Waals surface area contributed by atoms with Crippen LogP contribution in [0.5, 0.6) is 0 Å². The van der Waals surface area contributed by atoms with Crippen molar-refractivity contribution in [1.82, 2.24) is 10.2 Å². The molecule has 0 radical (unpaired) electrons. The molecule has 1 aromatic carbocycles. The minimum Gasteiger partial charge on any atom is -0.465 e. The molecule has 1 unspecified atom stereocenters. The lowest BCUT2D eigenvalue weighted by Gasteiger charge is -2.31. The van der Waals surface area contributed by atoms with Crippen LogP contribution in [0.1, 0.15) is 38.3 Å². The number of nitrogens with one attached hydrogen (secondary N) is 1. The number of carboxylic acid groups (broad SMARTS) is 1. The maximum absolute atomic E-state index is 14.2. The molecular formula is C15H22ClFN2O2. The van der Waals surface area contributed by atoms with E-state index in [9.17, 15) is 9.18 Å². The number of benzene rings is 1. The van der Waals surface area contributed by atoms with Gasteiger partial charge in [0.2, 0.25) is 0 Å². The molecule has 0 heterocycles. The van der Waals surface area contributed by atoms with Gasteiger partial charge in [0.25, 0.3) is 0 Å². The summed E-state index contributed by atoms with van der Waals surface area (Å²) in [6.45, 7) is 5.64. The fourth-order valence-electron chi connectivity index (χ4n) is 2.47. The van der Waals surface area contributed by atoms with E-state index in [4.69, 9.17) is 16.7 Å². The number of rotatable bonds is 8. The molecule has 0 aliphatic carbocycles. The van der Waals surface area contributed by atoms with Gasteiger partial charge in [-0.25, -0.2) is 9.18 Å². The van der Waals surface area contributed by atoms with Crippen LogP contribution >= 0.6 is 11.6 Å². The van der Waals surface area contributed by atoms with Gasteiger partial charge in [0.1, 0.15) is 5.82 Å². The smallest absolute Gasteiger partial charge is 0.404 e. The van der Waals surface area contributed by atoms with E-state index in [1.54, 1.807) is 12.1 Å². The van der Waals surface area contributed by atoms with Gasteiger partial charge in [0.05, 0.1) is 5.02 Å². The Kier molecular flexibility index (Phi) is 7.47. The first-order valence-corrected chi connectivity index (χ1v) is 7.53. The van der Waals surface area contributed by atoms with Gasteiger partial charge in [-0.15, -0.1) is 0 Å². The second-order valence-electron chi connectivity index (χ2n) is 4.83. The first-order valence-electron chi connectivity index (χ1n) is 7.16. The Hall–Kier alpha value is -1.33. The van der Waals surface area contributed by atoms with Crippen molar-refractivity contribution in [1.29, 1.82) is 0 Å². The summed E-state index contributed by atoms with van der Waals surface area (Å²) in [5.74, 6) is -0.390. The Morgan fingerprint density at radius 2 is 2.14 bits per heavy atom. The number of halogens is 2. The minimum atomic E-state index is -1.05. The number of hydrogen-bond donors (Lipinski definition) is 2. The van der Waals surface area contributed by atoms with E-state index in [0.29, 0.717) is 18.7 Å². The van der Waals surface area contributed by atoms with Crippen molar-refractivity contribution >= 4 is 17.7 Å². The normalized spacial score (nSPS) is 12.4. The van der Waals surface area contributed by atoms with E-state index in [1.165, 1.54) is 6.07 Å². The Morgan fingerprint density at radius 1 is 1.43 bits per heavy atom. The summed E-state index contributed by atoms with van der Waals surface area (Å²) in [4.78, 5) is 12.6. The van der Waals surface area contributed by atoms with Gasteiger partial charge in [-0.3, -0.25) is 4.90 Å². The van der Waals surface area contributed by atoms with Gasteiger partial charge in [0.15, 0.2) is 0 Å². The molecule has 1 aromatic rings. The van der Waals surface area contributed by atoms with Gasteiger partial charge in [-0.2, -0.15) is 0 Å². The zero-order valence-electron chi connectivity index (χ0n) is 12.4. The van der Waals surface area contributed by atoms with Crippen LogP contribution in [-0.2, 0) is 0 Å². The van der Waals surface area contributed by atoms with Crippen LogP contribution in [0.3, 0.4) is 0 Å². The maximum Gasteiger partial charge on any atom is 0.404 e. The lowest BCUT2D eigenvalue weighted by atomic mass is 10.0. The first-order chi connectivity index (χ1) is 10.0. The minimum absolute atomic E-state index is 0.112. The predicted octanol–water partition coefficient (Wildman–Crippen LogP) is 3.91. The van der Waals surface area contributed by atoms with Gasteiger partial charge in [-0.05, 0) is 25.5 Å². The molecule has 0 bridgehead atoms. The average Bonchev–Trinajstić information content (AvgIpc) is 2.43. The highest BCUT2D eigenvalue weighted by molar-refractivity contribution is 6.30. The van der Waals surface area contributed by atoms with Crippen molar-refractivity contribution < 1.29 is 14.3 Å². The standard InChI is InChI=1S/C15H22ClFN2O2/c1-3-9-19(10-8-18-15(20)21)13(4-2)11-6-5-7-12(16)14(11)17/h5-7,13,18H,3-4,8-10H2,1-2H3,(H,20,21). The zero-order chi connectivity index (χ0) is 15.8. The number of nitrogens with zero attached hydrogens (tertiary/aromatic N) is 1. The molecule has 0 spiro atoms. The van der Waals surface area contributed by atoms with E-state index in [1.807, 2.05) is 13.8 Å². The molecule has 0 aromatic heterocycles. The van der Waals surface area contributed by atoms with Crippen LogP contribution in [0.4, 0.5) is 9.18 Å². The molecule has 0 aliphatic heterocycles. The molecule has 0 saturated heterocycles. The lowest BCUT2D eigenvalue weighted by molar-refractivity contribution is 0.175. The monoisotopic (exact) mass is 316 g/mol. The predicted molar refractivity (Wildman–Crippen MR) is 82.3 cm³/mol. The summed E-state index contributed by atoms with van der Waals surface area (Å²) in [6, 6.07) is 4.90. The van der Waals surface area contributed by atoms with E-state index in [2.05, 4.69) is 10.2 Å². The first kappa shape index (κ1) is 17.7. The highest BCUT2D eigenvalue weighted by atomic mass is 35.5. The SMILES string of the molecule is CCCN(CCNC(=O)O)C(CC)c1cccc(Cl)c1F. The summed E-state index contributed by atoms with van der Waals surface area (Å²) >= 11 is 5.86. The van der Waals surface area contributed by atoms with E-state index in [-0.39, 0.29) is 11.1 Å². The van der Waals surface area contributed by atoms with E-state index in [0.717, 1.165) is 19.4 Å². The highest BCUT2D eigenvalue weighted by Gasteiger charge is 2.22. The zero-order valence-corrected chi connectivity index (χ0v) is 13.2. The summed E-state index contributed by atoms with van der Waals surface area (Å²) in [5, 5.41) is 11.1. The molecule has 0 saturated carbocycles. The van der Waals surface area contributed by atoms with Crippen LogP contribution in [0, 0.1) is 5.82 Å². The van der Waals surface area contributed by atoms with Crippen LogP contribution in [0.2, 0.25) is 5.02 Å². The van der Waals surface area contributed by atoms with Crippen LogP contribution in [-0.4, -0.2) is 35.7 Å². The highest BCUT2D eigenvalue weighted by Crippen LogP contribution is 2.29. The number of hydrogen-bond acceptors (Lipinski definition) is 2. The van der Waals surface area contributed by atoms with Crippen molar-refractivity contribution in [3.63, 3.8) is 0 Å². The van der Waals surface area contributed by atoms with Gasteiger partial charge < -0.3 is 10.4 Å². The fraction of sp³-hybridized carbons (Fsp3) is 0.533. The van der Waals surface area contributed by atoms with Gasteiger partial charge >= 0.3 is 6.09 Å². The van der Waals surface area contributed by atoms with Gasteiger partial charge in [0, 0.05) is 24.7 Å². The molecular weight excluding hydrogens is 295 g/mol. The van der Waals surface area contributed by atoms with Crippen molar-refractivity contribution in [2.75, 3.05) is 19.6 Å². The maximum atomic E-state index is 14.2. The van der Waals surface area contributed by atoms with E-state index < -0.39 is 11.9 Å². The van der Waals surface area contributed by atoms with Crippen molar-refractivity contribution in [3.05, 3.63) is 34.6 Å². The molecule has 6 heteroatoms. The molecule has 1 amide bonds. The Labute approximate surface area is 129 Å². The third-order valence-electron chi connectivity index (χ3n) is 3.35. The van der Waals surface area contributed by atoms with Crippen LogP contribution < -0.4 is 5.32 Å². The second-order valence-corrected chi connectivity index (χ2v) is 5.24. The molecule has 1 atom stereocenters. The molecule has 21 heavy (non-hydrogen) atoms. The molecule has 4 nitrogen and oxygen atoms in total. The van der Waals surface area contributed by atoms with Crippen LogP contribution in [0.15, 0.2) is 18.2 Å². The fourth-order valence-corrected chi connectivity index (χ4v) is 2.65. The largest absolute Gasteiger partial charge is 0.465 e. The van der Waals surface area contributed by atoms with Crippen molar-refractivity contribution in [2.45, 2.75) is 32.7 Å². The van der Waals surface area contributed by atoms with Crippen molar-refractivity contribution in [3.8, 4) is 0 Å². The average molecular weight is 317 g/mol. The summed E-state index contributed by atoms with van der Waals surface area (Å²) in [6.07, 6.45) is 0.587. The van der Waals surface area contributed by atoms with Gasteiger partial charge in [-0.1, -0.05) is 37.6 Å². The summed E-state index contributed by atoms with van der Waals surface area (Å²) < 4.78 is 14.2. The molecule has 0 aliphatic rings. The summed E-state index contributed by atoms with van der Waals surface area (Å²) in [5.41, 5.74) is 0.564. The quantitative estimate of drug-likeness (QED) is 0.764. The Morgan fingerprint density at radius 3 is 2.71 bits per heavy atom. The van der Waals surface area contributed by atoms with Crippen molar-refractivity contribution in [2.24, 2.45) is 0 Å². The molecule has 118 valence electrons. The Balaban J connectivity index is 2.90. The molecule has 1 rings (SSSR count). The molecule has 2 N–H and O–H groups in total. The summed E-state index contributed by atoms with van der Waals surface area (Å²) in [7, 11) is 0. The number of carbonyl (C=O) groups is 1. The molecule has 0 fully saturated rings. The lowest BCUT2D eigenvalue weighted by Crippen LogP contribution is -2.37. The third kappa shape index (κ3) is 5.17. The second kappa shape index (κ2) is 8.85. The van der Waals surface area contributed by atoms with E-state index >= 15 is 0 Å². The number of amides is 1. The Bertz CT molecular complexity index is 471. The van der Waals surface area contributed by atoms with Crippen LogP contribution in [0.25, 0.3) is 0 Å².